The van der Waals surface area contributed by atoms with E-state index in [0.717, 1.165) is 5.56 Å². The highest BCUT2D eigenvalue weighted by molar-refractivity contribution is 9.10. The summed E-state index contributed by atoms with van der Waals surface area (Å²) in [6.45, 7) is 3.13. The number of urea groups is 1. The molecule has 0 saturated carbocycles. The molecule has 0 radical (unpaired) electrons. The lowest BCUT2D eigenvalue weighted by Crippen LogP contribution is -2.45. The van der Waals surface area contributed by atoms with Crippen molar-refractivity contribution in [1.29, 1.82) is 0 Å². The van der Waals surface area contributed by atoms with Crippen LogP contribution in [0.1, 0.15) is 36.6 Å². The highest BCUT2D eigenvalue weighted by Gasteiger charge is 2.32. The standard InChI is InChI=1S/C31H30BrN5O9/c1-4-44-30(39)27-18(2)34-31(40)35-28(27)21-10-11-24(25(14-21)43-3)45-17-26(38)36-33-15-20-12-22(32)29(23(13-20)37(41)42)46-16-19-8-6-5-7-9-19/h5-15,28H,4,16-17H2,1-3H3,(H,36,38)(H2,34,35,40)/b33-15+/t28-/m1/s1. The number of hydrazone groups is 1. The number of benzene rings is 3. The minimum Gasteiger partial charge on any atom is -0.493 e. The Balaban J connectivity index is 1.40. The third kappa shape index (κ3) is 8.38. The van der Waals surface area contributed by atoms with E-state index in [-0.39, 0.29) is 41.7 Å². The van der Waals surface area contributed by atoms with Crippen molar-refractivity contribution >= 4 is 45.7 Å². The molecular weight excluding hydrogens is 666 g/mol. The first-order chi connectivity index (χ1) is 22.1. The highest BCUT2D eigenvalue weighted by atomic mass is 79.9. The molecule has 3 aromatic carbocycles. The summed E-state index contributed by atoms with van der Waals surface area (Å²) in [5.74, 6) is -0.672. The second kappa shape index (κ2) is 15.5. The van der Waals surface area contributed by atoms with Crippen molar-refractivity contribution in [1.82, 2.24) is 16.1 Å². The van der Waals surface area contributed by atoms with Crippen molar-refractivity contribution in [3.05, 3.63) is 103 Å². The van der Waals surface area contributed by atoms with Crippen LogP contribution < -0.4 is 30.3 Å². The van der Waals surface area contributed by atoms with Crippen LogP contribution in [-0.2, 0) is 20.9 Å². The first kappa shape index (κ1) is 33.5. The van der Waals surface area contributed by atoms with E-state index in [9.17, 15) is 24.5 Å². The molecule has 0 saturated heterocycles. The second-order valence-electron chi connectivity index (χ2n) is 9.67. The predicted octanol–water partition coefficient (Wildman–Crippen LogP) is 4.67. The van der Waals surface area contributed by atoms with Gasteiger partial charge >= 0.3 is 17.7 Å². The minimum absolute atomic E-state index is 0.0641. The van der Waals surface area contributed by atoms with Crippen LogP contribution >= 0.6 is 15.9 Å². The molecule has 0 bridgehead atoms. The Labute approximate surface area is 272 Å². The highest BCUT2D eigenvalue weighted by Crippen LogP contribution is 2.37. The molecular formula is C31H30BrN5O9. The van der Waals surface area contributed by atoms with Crippen LogP contribution in [0, 0.1) is 10.1 Å². The first-order valence-electron chi connectivity index (χ1n) is 13.8. The van der Waals surface area contributed by atoms with Gasteiger partial charge in [0.1, 0.15) is 6.61 Å². The molecule has 4 rings (SSSR count). The van der Waals surface area contributed by atoms with E-state index < -0.39 is 35.5 Å². The Morgan fingerprint density at radius 1 is 1.11 bits per heavy atom. The van der Waals surface area contributed by atoms with Gasteiger partial charge in [0.15, 0.2) is 18.1 Å². The summed E-state index contributed by atoms with van der Waals surface area (Å²) in [7, 11) is 1.40. The number of esters is 1. The Kier molecular flexibility index (Phi) is 11.3. The fourth-order valence-electron chi connectivity index (χ4n) is 4.44. The van der Waals surface area contributed by atoms with Gasteiger partial charge in [-0.25, -0.2) is 15.0 Å². The summed E-state index contributed by atoms with van der Waals surface area (Å²) in [6, 6.07) is 15.5. The zero-order valence-corrected chi connectivity index (χ0v) is 26.6. The van der Waals surface area contributed by atoms with Gasteiger partial charge in [-0.2, -0.15) is 5.10 Å². The van der Waals surface area contributed by atoms with Gasteiger partial charge in [-0.05, 0) is 59.1 Å². The van der Waals surface area contributed by atoms with E-state index in [2.05, 4.69) is 37.1 Å². The first-order valence-corrected chi connectivity index (χ1v) is 14.6. The van der Waals surface area contributed by atoms with E-state index in [4.69, 9.17) is 18.9 Å². The van der Waals surface area contributed by atoms with E-state index >= 15 is 0 Å². The SMILES string of the molecule is CCOC(=O)C1=C(C)NC(=O)N[C@@H]1c1ccc(OCC(=O)N/N=C/c2cc(Br)c(OCc3ccccc3)c([N+](=O)[O-])c2)c(OC)c1. The van der Waals surface area contributed by atoms with Gasteiger partial charge in [0.25, 0.3) is 5.91 Å². The van der Waals surface area contributed by atoms with E-state index in [1.807, 2.05) is 30.3 Å². The third-order valence-electron chi connectivity index (χ3n) is 6.52. The van der Waals surface area contributed by atoms with Crippen LogP contribution in [0.15, 0.2) is 81.5 Å². The van der Waals surface area contributed by atoms with Crippen molar-refractivity contribution in [2.75, 3.05) is 20.3 Å². The molecule has 0 aromatic heterocycles. The molecule has 1 heterocycles. The molecule has 0 aliphatic carbocycles. The van der Waals surface area contributed by atoms with E-state index in [0.29, 0.717) is 21.3 Å². The number of rotatable bonds is 13. The van der Waals surface area contributed by atoms with E-state index in [1.54, 1.807) is 32.0 Å². The number of hydrogen-bond acceptors (Lipinski definition) is 10. The molecule has 3 aromatic rings. The van der Waals surface area contributed by atoms with Crippen LogP contribution in [0.5, 0.6) is 17.2 Å². The Morgan fingerprint density at radius 2 is 1.87 bits per heavy atom. The molecule has 240 valence electrons. The van der Waals surface area contributed by atoms with Crippen LogP contribution in [0.2, 0.25) is 0 Å². The maximum absolute atomic E-state index is 12.6. The lowest BCUT2D eigenvalue weighted by molar-refractivity contribution is -0.386. The lowest BCUT2D eigenvalue weighted by Gasteiger charge is -2.28. The molecule has 0 unspecified atom stereocenters. The number of nitro groups is 1. The molecule has 14 nitrogen and oxygen atoms in total. The van der Waals surface area contributed by atoms with Gasteiger partial charge < -0.3 is 29.6 Å². The van der Waals surface area contributed by atoms with Crippen LogP contribution in [0.4, 0.5) is 10.5 Å². The van der Waals surface area contributed by atoms with Crippen molar-refractivity contribution in [2.24, 2.45) is 5.10 Å². The maximum atomic E-state index is 12.6. The summed E-state index contributed by atoms with van der Waals surface area (Å²) < 4.78 is 22.2. The number of halogens is 1. The number of amides is 3. The van der Waals surface area contributed by atoms with Crippen LogP contribution in [0.3, 0.4) is 0 Å². The number of ether oxygens (including phenoxy) is 4. The number of nitrogens with zero attached hydrogens (tertiary/aromatic N) is 2. The normalized spacial score (nSPS) is 14.3. The van der Waals surface area contributed by atoms with Crippen molar-refractivity contribution in [2.45, 2.75) is 26.5 Å². The summed E-state index contributed by atoms with van der Waals surface area (Å²) >= 11 is 3.32. The van der Waals surface area contributed by atoms with Crippen LogP contribution in [-0.4, -0.2) is 49.4 Å². The van der Waals surface area contributed by atoms with Gasteiger partial charge in [-0.1, -0.05) is 36.4 Å². The number of allylic oxidation sites excluding steroid dienone is 1. The van der Waals surface area contributed by atoms with Gasteiger partial charge in [0.05, 0.1) is 40.9 Å². The molecule has 1 atom stereocenters. The number of methoxy groups -OCH3 is 1. The zero-order valence-electron chi connectivity index (χ0n) is 25.0. The van der Waals surface area contributed by atoms with Crippen molar-refractivity contribution in [3.8, 4) is 17.2 Å². The Hall–Kier alpha value is -5.44. The number of carbonyl (C=O) groups is 3. The quantitative estimate of drug-likeness (QED) is 0.0992. The Bertz CT molecular complexity index is 1700. The molecule has 3 N–H and O–H groups in total. The van der Waals surface area contributed by atoms with E-state index in [1.165, 1.54) is 25.5 Å². The average molecular weight is 697 g/mol. The monoisotopic (exact) mass is 695 g/mol. The number of hydrogen-bond donors (Lipinski definition) is 3. The molecule has 1 aliphatic rings. The van der Waals surface area contributed by atoms with Gasteiger partial charge in [0.2, 0.25) is 5.75 Å². The Morgan fingerprint density at radius 3 is 2.57 bits per heavy atom. The predicted molar refractivity (Wildman–Crippen MR) is 170 cm³/mol. The molecule has 0 fully saturated rings. The summed E-state index contributed by atoms with van der Waals surface area (Å²) in [5, 5.41) is 20.9. The smallest absolute Gasteiger partial charge is 0.338 e. The minimum atomic E-state index is -0.811. The summed E-state index contributed by atoms with van der Waals surface area (Å²) in [6.07, 6.45) is 1.25. The van der Waals surface area contributed by atoms with Gasteiger partial charge in [-0.15, -0.1) is 0 Å². The number of carbonyl (C=O) groups excluding carboxylic acids is 3. The maximum Gasteiger partial charge on any atom is 0.338 e. The number of nitrogens with one attached hydrogen (secondary N) is 3. The molecule has 46 heavy (non-hydrogen) atoms. The van der Waals surface area contributed by atoms with Crippen molar-refractivity contribution in [3.63, 3.8) is 0 Å². The topological polar surface area (TPSA) is 180 Å². The summed E-state index contributed by atoms with van der Waals surface area (Å²) in [5.41, 5.74) is 4.33. The van der Waals surface area contributed by atoms with Crippen molar-refractivity contribution < 1.29 is 38.3 Å². The summed E-state index contributed by atoms with van der Waals surface area (Å²) in [4.78, 5) is 48.4. The van der Waals surface area contributed by atoms with Gasteiger partial charge in [-0.3, -0.25) is 14.9 Å². The van der Waals surface area contributed by atoms with Gasteiger partial charge in [0, 0.05) is 17.3 Å². The zero-order chi connectivity index (χ0) is 33.2. The third-order valence-corrected chi connectivity index (χ3v) is 7.11. The number of nitro benzene ring substituents is 1. The lowest BCUT2D eigenvalue weighted by atomic mass is 9.95. The second-order valence-corrected chi connectivity index (χ2v) is 10.5. The van der Waals surface area contributed by atoms with Crippen LogP contribution in [0.25, 0.3) is 0 Å². The fraction of sp³-hybridized carbons (Fsp3) is 0.226. The molecule has 3 amide bonds. The largest absolute Gasteiger partial charge is 0.493 e. The molecule has 15 heteroatoms. The average Bonchev–Trinajstić information content (AvgIpc) is 3.03. The molecule has 0 spiro atoms. The fourth-order valence-corrected chi connectivity index (χ4v) is 5.02. The molecule has 1 aliphatic heterocycles.